The number of halogens is 1. The van der Waals surface area contributed by atoms with Crippen molar-refractivity contribution in [3.05, 3.63) is 56.4 Å². The lowest BCUT2D eigenvalue weighted by Crippen LogP contribution is -2.20. The molecule has 90 valence electrons. The highest BCUT2D eigenvalue weighted by atomic mass is 79.9. The summed E-state index contributed by atoms with van der Waals surface area (Å²) >= 11 is 3.45. The monoisotopic (exact) mass is 296 g/mol. The number of H-pyrrole nitrogens is 1. The summed E-state index contributed by atoms with van der Waals surface area (Å²) in [6.45, 7) is 0.480. The fraction of sp³-hybridized carbons (Fsp3) is 0.250. The van der Waals surface area contributed by atoms with Crippen molar-refractivity contribution in [1.82, 2.24) is 9.78 Å². The van der Waals surface area contributed by atoms with E-state index in [0.717, 1.165) is 10.0 Å². The van der Waals surface area contributed by atoms with Crippen molar-refractivity contribution in [2.75, 3.05) is 6.61 Å². The number of aliphatic hydroxyl groups excluding tert-OH is 1. The number of nitrogens with zero attached hydrogens (tertiary/aromatic N) is 1. The Morgan fingerprint density at radius 3 is 2.76 bits per heavy atom. The SMILES string of the molecule is O=c1c(CCO)c[nH]n1Cc1ccccc1Br. The first kappa shape index (κ1) is 12.1. The van der Waals surface area contributed by atoms with Crippen LogP contribution in [0.1, 0.15) is 11.1 Å². The lowest BCUT2D eigenvalue weighted by Gasteiger charge is -2.04. The summed E-state index contributed by atoms with van der Waals surface area (Å²) < 4.78 is 2.51. The molecule has 2 N–H and O–H groups in total. The second-order valence-electron chi connectivity index (χ2n) is 3.75. The molecule has 1 heterocycles. The zero-order chi connectivity index (χ0) is 12.3. The first-order valence-electron chi connectivity index (χ1n) is 5.33. The van der Waals surface area contributed by atoms with Gasteiger partial charge in [-0.15, -0.1) is 0 Å². The Morgan fingerprint density at radius 1 is 1.29 bits per heavy atom. The quantitative estimate of drug-likeness (QED) is 0.899. The van der Waals surface area contributed by atoms with Crippen molar-refractivity contribution >= 4 is 15.9 Å². The van der Waals surface area contributed by atoms with Crippen LogP contribution in [0.4, 0.5) is 0 Å². The van der Waals surface area contributed by atoms with Gasteiger partial charge < -0.3 is 10.2 Å². The largest absolute Gasteiger partial charge is 0.396 e. The molecule has 4 nitrogen and oxygen atoms in total. The number of aromatic amines is 1. The molecule has 0 amide bonds. The van der Waals surface area contributed by atoms with E-state index in [2.05, 4.69) is 21.0 Å². The van der Waals surface area contributed by atoms with Crippen LogP contribution in [0.25, 0.3) is 0 Å². The summed E-state index contributed by atoms with van der Waals surface area (Å²) in [4.78, 5) is 11.9. The first-order valence-corrected chi connectivity index (χ1v) is 6.13. The van der Waals surface area contributed by atoms with Crippen LogP contribution in [0.2, 0.25) is 0 Å². The van der Waals surface area contributed by atoms with Crippen LogP contribution in [0, 0.1) is 0 Å². The zero-order valence-electron chi connectivity index (χ0n) is 9.19. The van der Waals surface area contributed by atoms with Crippen molar-refractivity contribution in [2.24, 2.45) is 0 Å². The fourth-order valence-electron chi connectivity index (χ4n) is 1.66. The molecule has 0 saturated heterocycles. The van der Waals surface area contributed by atoms with Gasteiger partial charge >= 0.3 is 0 Å². The van der Waals surface area contributed by atoms with Gasteiger partial charge in [0.15, 0.2) is 0 Å². The molecule has 0 unspecified atom stereocenters. The van der Waals surface area contributed by atoms with Crippen molar-refractivity contribution in [2.45, 2.75) is 13.0 Å². The summed E-state index contributed by atoms with van der Waals surface area (Å²) in [5.41, 5.74) is 1.57. The summed E-state index contributed by atoms with van der Waals surface area (Å²) in [5.74, 6) is 0. The molecular formula is C12H13BrN2O2. The van der Waals surface area contributed by atoms with Gasteiger partial charge in [-0.1, -0.05) is 34.1 Å². The maximum Gasteiger partial charge on any atom is 0.270 e. The molecule has 0 spiro atoms. The number of aromatic nitrogens is 2. The van der Waals surface area contributed by atoms with Crippen LogP contribution < -0.4 is 5.56 Å². The van der Waals surface area contributed by atoms with Crippen molar-refractivity contribution in [1.29, 1.82) is 0 Å². The van der Waals surface area contributed by atoms with Crippen LogP contribution in [-0.2, 0) is 13.0 Å². The van der Waals surface area contributed by atoms with E-state index in [1.54, 1.807) is 6.20 Å². The number of hydrogen-bond donors (Lipinski definition) is 2. The number of rotatable bonds is 4. The van der Waals surface area contributed by atoms with Gasteiger partial charge in [-0.2, -0.15) is 0 Å². The highest BCUT2D eigenvalue weighted by Crippen LogP contribution is 2.16. The standard InChI is InChI=1S/C12H13BrN2O2/c13-11-4-2-1-3-10(11)8-15-12(17)9(5-6-16)7-14-15/h1-4,7,14,16H,5-6,8H2. The Balaban J connectivity index is 2.25. The van der Waals surface area contributed by atoms with Crippen LogP contribution in [-0.4, -0.2) is 21.5 Å². The normalized spacial score (nSPS) is 10.7. The molecule has 0 bridgehead atoms. The van der Waals surface area contributed by atoms with Gasteiger partial charge in [0.25, 0.3) is 5.56 Å². The van der Waals surface area contributed by atoms with Crippen LogP contribution in [0.3, 0.4) is 0 Å². The number of nitrogens with one attached hydrogen (secondary N) is 1. The van der Waals surface area contributed by atoms with E-state index < -0.39 is 0 Å². The Bertz CT molecular complexity index is 560. The van der Waals surface area contributed by atoms with Gasteiger partial charge in [-0.05, 0) is 11.6 Å². The average Bonchev–Trinajstić information content (AvgIpc) is 2.65. The van der Waals surface area contributed by atoms with Crippen molar-refractivity contribution in [3.8, 4) is 0 Å². The lowest BCUT2D eigenvalue weighted by atomic mass is 10.2. The van der Waals surface area contributed by atoms with E-state index in [-0.39, 0.29) is 12.2 Å². The Hall–Kier alpha value is -1.33. The Kier molecular flexibility index (Phi) is 3.81. The summed E-state index contributed by atoms with van der Waals surface area (Å²) in [6, 6.07) is 7.77. The highest BCUT2D eigenvalue weighted by Gasteiger charge is 2.07. The molecule has 2 aromatic rings. The average molecular weight is 297 g/mol. The maximum absolute atomic E-state index is 11.9. The van der Waals surface area contributed by atoms with Crippen LogP contribution in [0.5, 0.6) is 0 Å². The zero-order valence-corrected chi connectivity index (χ0v) is 10.8. The molecule has 0 radical (unpaired) electrons. The topological polar surface area (TPSA) is 58.0 Å². The molecule has 1 aromatic heterocycles. The third kappa shape index (κ3) is 2.68. The predicted octanol–water partition coefficient (Wildman–Crippen LogP) is 1.52. The van der Waals surface area contributed by atoms with Gasteiger partial charge in [-0.3, -0.25) is 4.79 Å². The number of hydrogen-bond acceptors (Lipinski definition) is 2. The van der Waals surface area contributed by atoms with E-state index in [1.165, 1.54) is 4.68 Å². The third-order valence-corrected chi connectivity index (χ3v) is 3.36. The van der Waals surface area contributed by atoms with Crippen molar-refractivity contribution in [3.63, 3.8) is 0 Å². The van der Waals surface area contributed by atoms with Gasteiger partial charge in [0, 0.05) is 29.3 Å². The molecule has 1 aromatic carbocycles. The smallest absolute Gasteiger partial charge is 0.270 e. The molecule has 0 saturated carbocycles. The minimum absolute atomic E-state index is 0.0118. The highest BCUT2D eigenvalue weighted by molar-refractivity contribution is 9.10. The molecule has 17 heavy (non-hydrogen) atoms. The molecule has 5 heteroatoms. The van der Waals surface area contributed by atoms with Gasteiger partial charge in [0.1, 0.15) is 0 Å². The number of benzene rings is 1. The Morgan fingerprint density at radius 2 is 2.06 bits per heavy atom. The first-order chi connectivity index (χ1) is 8.22. The minimum atomic E-state index is -0.0743. The lowest BCUT2D eigenvalue weighted by molar-refractivity contribution is 0.299. The van der Waals surface area contributed by atoms with E-state index in [0.29, 0.717) is 18.5 Å². The van der Waals surface area contributed by atoms with Gasteiger partial charge in [0.2, 0.25) is 0 Å². The third-order valence-electron chi connectivity index (χ3n) is 2.58. The molecule has 0 aliphatic carbocycles. The number of aliphatic hydroxyl groups is 1. The molecule has 0 aliphatic rings. The summed E-state index contributed by atoms with van der Waals surface area (Å²) in [5, 5.41) is 11.7. The molecule has 0 atom stereocenters. The van der Waals surface area contributed by atoms with E-state index in [4.69, 9.17) is 5.11 Å². The summed E-state index contributed by atoms with van der Waals surface area (Å²) in [7, 11) is 0. The molecule has 0 aliphatic heterocycles. The second-order valence-corrected chi connectivity index (χ2v) is 4.61. The minimum Gasteiger partial charge on any atom is -0.396 e. The van der Waals surface area contributed by atoms with Crippen LogP contribution in [0.15, 0.2) is 39.7 Å². The van der Waals surface area contributed by atoms with Crippen LogP contribution >= 0.6 is 15.9 Å². The van der Waals surface area contributed by atoms with Crippen molar-refractivity contribution < 1.29 is 5.11 Å². The Labute approximate surface area is 107 Å². The van der Waals surface area contributed by atoms with Gasteiger partial charge in [0.05, 0.1) is 6.54 Å². The fourth-order valence-corrected chi connectivity index (χ4v) is 2.07. The van der Waals surface area contributed by atoms with E-state index >= 15 is 0 Å². The maximum atomic E-state index is 11.9. The predicted molar refractivity (Wildman–Crippen MR) is 69.1 cm³/mol. The second kappa shape index (κ2) is 5.33. The van der Waals surface area contributed by atoms with E-state index in [1.807, 2.05) is 24.3 Å². The molecule has 2 rings (SSSR count). The molecular weight excluding hydrogens is 284 g/mol. The van der Waals surface area contributed by atoms with E-state index in [9.17, 15) is 4.79 Å². The van der Waals surface area contributed by atoms with Gasteiger partial charge in [-0.25, -0.2) is 4.68 Å². The summed E-state index contributed by atoms with van der Waals surface area (Å²) in [6.07, 6.45) is 2.04. The molecule has 0 fully saturated rings.